The second kappa shape index (κ2) is 11.0. The molecule has 0 unspecified atom stereocenters. The van der Waals surface area contributed by atoms with Gasteiger partial charge >= 0.3 is 0 Å². The van der Waals surface area contributed by atoms with Crippen LogP contribution in [0, 0.1) is 0 Å². The molecule has 0 bridgehead atoms. The topological polar surface area (TPSA) is 3.24 Å². The first-order chi connectivity index (χ1) is 27.7. The smallest absolute Gasteiger partial charge is 0.0725 e. The lowest BCUT2D eigenvalue weighted by Gasteiger charge is -2.31. The van der Waals surface area contributed by atoms with E-state index >= 15 is 0 Å². The van der Waals surface area contributed by atoms with Crippen LogP contribution < -0.4 is 4.90 Å². The highest BCUT2D eigenvalue weighted by Crippen LogP contribution is 2.63. The van der Waals surface area contributed by atoms with Crippen LogP contribution >= 0.6 is 0 Å². The van der Waals surface area contributed by atoms with Crippen LogP contribution in [0.3, 0.4) is 0 Å². The molecule has 3 aliphatic carbocycles. The normalized spacial score (nSPS) is 15.6. The molecule has 0 radical (unpaired) electrons. The van der Waals surface area contributed by atoms with Gasteiger partial charge in [-0.15, -0.1) is 0 Å². The minimum Gasteiger partial charge on any atom is -0.310 e. The third-order valence-corrected chi connectivity index (χ3v) is 12.0. The molecule has 0 saturated heterocycles. The number of hydrogen-bond donors (Lipinski definition) is 0. The summed E-state index contributed by atoms with van der Waals surface area (Å²) < 4.78 is 37.9. The van der Waals surface area contributed by atoms with E-state index in [4.69, 9.17) is 0 Å². The molecular weight excluding hydrogens is 639 g/mol. The van der Waals surface area contributed by atoms with Gasteiger partial charge in [0.2, 0.25) is 0 Å². The zero-order valence-electron chi connectivity index (χ0n) is 33.5. The molecule has 0 aliphatic heterocycles. The van der Waals surface area contributed by atoms with Gasteiger partial charge < -0.3 is 4.90 Å². The average molecular weight is 680 g/mol. The molecule has 250 valence electrons. The maximum absolute atomic E-state index is 9.62. The largest absolute Gasteiger partial charge is 0.310 e. The van der Waals surface area contributed by atoms with Crippen molar-refractivity contribution in [2.45, 2.75) is 24.7 Å². The Morgan fingerprint density at radius 2 is 0.811 bits per heavy atom. The van der Waals surface area contributed by atoms with E-state index in [-0.39, 0.29) is 35.3 Å². The second-order valence-electron chi connectivity index (χ2n) is 14.9. The molecule has 0 amide bonds. The van der Waals surface area contributed by atoms with Gasteiger partial charge in [0.25, 0.3) is 0 Å². The van der Waals surface area contributed by atoms with Crippen LogP contribution in [0.25, 0.3) is 44.5 Å². The molecular formula is C52H37N. The molecule has 1 heteroatoms. The summed E-state index contributed by atoms with van der Waals surface area (Å²) in [4.78, 5) is 1.96. The van der Waals surface area contributed by atoms with Crippen molar-refractivity contribution in [3.05, 3.63) is 221 Å². The highest BCUT2D eigenvalue weighted by Gasteiger charge is 2.51. The number of hydrogen-bond acceptors (Lipinski definition) is 1. The molecule has 1 nitrogen and oxygen atoms in total. The first-order valence-electron chi connectivity index (χ1n) is 20.4. The van der Waals surface area contributed by atoms with E-state index in [9.17, 15) is 5.48 Å². The minimum absolute atomic E-state index is 0.0688. The lowest BCUT2D eigenvalue weighted by Crippen LogP contribution is -2.25. The van der Waals surface area contributed by atoms with Gasteiger partial charge in [0, 0.05) is 22.5 Å². The molecule has 0 aromatic heterocycles. The van der Waals surface area contributed by atoms with Gasteiger partial charge in [-0.1, -0.05) is 165 Å². The Hall–Kier alpha value is -6.44. The molecule has 0 N–H and O–H groups in total. The Balaban J connectivity index is 1.19. The molecule has 3 aliphatic rings. The fraction of sp³-hybridized carbons (Fsp3) is 0.0769. The van der Waals surface area contributed by atoms with Crippen molar-refractivity contribution in [2.24, 2.45) is 0 Å². The van der Waals surface area contributed by atoms with Crippen molar-refractivity contribution < 1.29 is 5.48 Å². The van der Waals surface area contributed by atoms with E-state index in [1.807, 2.05) is 35.2 Å². The Morgan fingerprint density at radius 1 is 0.358 bits per heavy atom. The first kappa shape index (κ1) is 26.4. The molecule has 8 aromatic rings. The predicted octanol–water partition coefficient (Wildman–Crippen LogP) is 13.5. The van der Waals surface area contributed by atoms with Gasteiger partial charge in [0.05, 0.1) is 10.9 Å². The Kier molecular flexibility index (Phi) is 5.48. The monoisotopic (exact) mass is 679 g/mol. The maximum Gasteiger partial charge on any atom is 0.0725 e. The highest BCUT2D eigenvalue weighted by molar-refractivity contribution is 5.97. The third-order valence-electron chi connectivity index (χ3n) is 12.0. The molecule has 0 saturated carbocycles. The number of benzene rings is 8. The van der Waals surface area contributed by atoms with Crippen LogP contribution in [0.5, 0.6) is 0 Å². The summed E-state index contributed by atoms with van der Waals surface area (Å²) in [6, 6.07) is 56.7. The van der Waals surface area contributed by atoms with Crippen molar-refractivity contribution >= 4 is 17.1 Å². The number of fused-ring (bicyclic) bond motifs is 13. The van der Waals surface area contributed by atoms with E-state index in [1.54, 1.807) is 0 Å². The van der Waals surface area contributed by atoms with Crippen molar-refractivity contribution in [3.8, 4) is 44.5 Å². The van der Waals surface area contributed by atoms with Crippen molar-refractivity contribution in [1.29, 1.82) is 0 Å². The summed E-state index contributed by atoms with van der Waals surface area (Å²) in [7, 11) is 0. The lowest BCUT2D eigenvalue weighted by atomic mass is 9.70. The zero-order chi connectivity index (χ0) is 38.8. The Bertz CT molecular complexity index is 2930. The van der Waals surface area contributed by atoms with Crippen molar-refractivity contribution in [1.82, 2.24) is 0 Å². The first-order valence-corrected chi connectivity index (χ1v) is 18.4. The van der Waals surface area contributed by atoms with Crippen LogP contribution in [0.4, 0.5) is 17.1 Å². The van der Waals surface area contributed by atoms with Gasteiger partial charge in [-0.25, -0.2) is 0 Å². The summed E-state index contributed by atoms with van der Waals surface area (Å²) >= 11 is 0. The molecule has 53 heavy (non-hydrogen) atoms. The summed E-state index contributed by atoms with van der Waals surface area (Å²) in [6.45, 7) is 4.50. The summed E-state index contributed by atoms with van der Waals surface area (Å²) in [5.74, 6) is 0. The SMILES string of the molecule is [2H]c1c([2H])c(N(c2ccc3c(c2)-c2ccccc2C32c3ccccc3-c3ccccc32)c2ccc3c(c2)C(C)(C)c2ccccc2-3)c([2H])c([2H])c1-c1ccccc1. The van der Waals surface area contributed by atoms with Gasteiger partial charge in [0.1, 0.15) is 0 Å². The molecule has 0 atom stereocenters. The van der Waals surface area contributed by atoms with Gasteiger partial charge in [-0.05, 0) is 114 Å². The lowest BCUT2D eigenvalue weighted by molar-refractivity contribution is 0.660. The molecule has 1 spiro atoms. The van der Waals surface area contributed by atoms with Crippen LogP contribution in [0.15, 0.2) is 188 Å². The van der Waals surface area contributed by atoms with Crippen LogP contribution in [-0.4, -0.2) is 0 Å². The summed E-state index contributed by atoms with van der Waals surface area (Å²) in [6.07, 6.45) is 0. The van der Waals surface area contributed by atoms with Crippen molar-refractivity contribution in [3.63, 3.8) is 0 Å². The number of anilines is 3. The third kappa shape index (κ3) is 4.08. The van der Waals surface area contributed by atoms with E-state index in [0.29, 0.717) is 11.1 Å². The van der Waals surface area contributed by atoms with E-state index in [0.717, 1.165) is 28.1 Å². The van der Waals surface area contributed by atoms with Gasteiger partial charge in [-0.2, -0.15) is 0 Å². The summed E-state index contributed by atoms with van der Waals surface area (Å²) in [5, 5.41) is 0. The van der Waals surface area contributed by atoms with Crippen molar-refractivity contribution in [2.75, 3.05) is 4.90 Å². The van der Waals surface area contributed by atoms with Crippen LogP contribution in [-0.2, 0) is 10.8 Å². The predicted molar refractivity (Wildman–Crippen MR) is 220 cm³/mol. The van der Waals surface area contributed by atoms with Gasteiger partial charge in [0.15, 0.2) is 0 Å². The fourth-order valence-electron chi connectivity index (χ4n) is 9.63. The van der Waals surface area contributed by atoms with E-state index in [2.05, 4.69) is 147 Å². The van der Waals surface area contributed by atoms with Crippen LogP contribution in [0.1, 0.15) is 52.7 Å². The zero-order valence-corrected chi connectivity index (χ0v) is 29.5. The Morgan fingerprint density at radius 3 is 1.43 bits per heavy atom. The Labute approximate surface area is 317 Å². The van der Waals surface area contributed by atoms with Crippen LogP contribution in [0.2, 0.25) is 0 Å². The second-order valence-corrected chi connectivity index (χ2v) is 14.9. The minimum atomic E-state index is -0.507. The molecule has 0 heterocycles. The van der Waals surface area contributed by atoms with E-state index in [1.165, 1.54) is 50.1 Å². The maximum atomic E-state index is 9.62. The summed E-state index contributed by atoms with van der Waals surface area (Å²) in [5.41, 5.74) is 16.4. The fourth-order valence-corrected chi connectivity index (χ4v) is 9.63. The average Bonchev–Trinajstić information content (AvgIpc) is 3.80. The number of rotatable bonds is 4. The number of nitrogens with zero attached hydrogens (tertiary/aromatic N) is 1. The highest BCUT2D eigenvalue weighted by atomic mass is 15.1. The quantitative estimate of drug-likeness (QED) is 0.179. The van der Waals surface area contributed by atoms with E-state index < -0.39 is 5.41 Å². The molecule has 0 fully saturated rings. The molecule has 11 rings (SSSR count). The standard InChI is InChI=1S/C52H37N/c1-51(2)45-20-10-6-16-39(45)43-30-28-38(33-50(43)51)53(36-26-24-35(25-27-36)34-14-4-3-5-15-34)37-29-31-49-44(32-37)42-19-9-13-23-48(42)52(49)46-21-11-7-17-40(46)41-18-8-12-22-47(41)52/h3-33H,1-2H3/i24D,25D,26D,27D. The molecule has 8 aromatic carbocycles. The van der Waals surface area contributed by atoms with Gasteiger partial charge in [-0.3, -0.25) is 0 Å².